The van der Waals surface area contributed by atoms with Gasteiger partial charge in [-0.2, -0.15) is 13.2 Å². The van der Waals surface area contributed by atoms with Crippen molar-refractivity contribution in [2.45, 2.75) is 17.9 Å². The van der Waals surface area contributed by atoms with E-state index in [-0.39, 0.29) is 39.2 Å². The highest BCUT2D eigenvalue weighted by molar-refractivity contribution is 7.99. The van der Waals surface area contributed by atoms with Crippen LogP contribution in [0.2, 0.25) is 10.0 Å². The maximum Gasteiger partial charge on any atom is 0.435 e. The number of hydrogen-bond donors (Lipinski definition) is 2. The Balaban J connectivity index is 1.61. The average molecular weight is 543 g/mol. The number of pyridine rings is 1. The number of H-pyrrole nitrogens is 1. The standard InChI is InChI=1S/C22H19Cl2F3N6OS/c1-32(10-11-35-21-28-7-8-29-21)12-16-18(22(25,26)27)31-19-15(6-3-9-33(16)19)30-20(34)17-13(23)4-2-5-14(17)24/h2-9H,10-12H2,1H3,(H,28,29)(H,30,34). The third kappa shape index (κ3) is 5.75. The van der Waals surface area contributed by atoms with E-state index in [9.17, 15) is 18.0 Å². The molecule has 0 aliphatic carbocycles. The Morgan fingerprint density at radius 2 is 1.97 bits per heavy atom. The highest BCUT2D eigenvalue weighted by Crippen LogP contribution is 2.34. The first-order chi connectivity index (χ1) is 16.6. The fourth-order valence-corrected chi connectivity index (χ4v) is 4.91. The molecular weight excluding hydrogens is 524 g/mol. The fourth-order valence-electron chi connectivity index (χ4n) is 3.45. The van der Waals surface area contributed by atoms with Gasteiger partial charge in [0.25, 0.3) is 5.91 Å². The number of nitrogens with zero attached hydrogens (tertiary/aromatic N) is 4. The maximum atomic E-state index is 13.9. The van der Waals surface area contributed by atoms with Crippen LogP contribution in [-0.2, 0) is 12.7 Å². The first kappa shape index (κ1) is 25.4. The van der Waals surface area contributed by atoms with Crippen LogP contribution in [0.15, 0.2) is 54.1 Å². The number of aromatic amines is 1. The topological polar surface area (TPSA) is 78.3 Å². The largest absolute Gasteiger partial charge is 0.435 e. The third-order valence-electron chi connectivity index (χ3n) is 5.06. The van der Waals surface area contributed by atoms with Crippen LogP contribution in [0.3, 0.4) is 0 Å². The molecule has 0 bridgehead atoms. The summed E-state index contributed by atoms with van der Waals surface area (Å²) in [5.74, 6) is -0.0268. The van der Waals surface area contributed by atoms with E-state index in [4.69, 9.17) is 23.2 Å². The molecule has 0 saturated carbocycles. The highest BCUT2D eigenvalue weighted by atomic mass is 35.5. The second-order valence-electron chi connectivity index (χ2n) is 7.55. The molecule has 0 unspecified atom stereocenters. The number of hydrogen-bond acceptors (Lipinski definition) is 5. The lowest BCUT2D eigenvalue weighted by Gasteiger charge is -2.17. The molecule has 0 fully saturated rings. The number of benzene rings is 1. The summed E-state index contributed by atoms with van der Waals surface area (Å²) in [4.78, 5) is 25.5. The van der Waals surface area contributed by atoms with Gasteiger partial charge in [0.15, 0.2) is 16.5 Å². The number of imidazole rings is 2. The molecular formula is C22H19Cl2F3N6OS. The van der Waals surface area contributed by atoms with Crippen molar-refractivity contribution in [1.82, 2.24) is 24.3 Å². The number of amides is 1. The number of fused-ring (bicyclic) bond motifs is 1. The first-order valence-electron chi connectivity index (χ1n) is 10.3. The van der Waals surface area contributed by atoms with Gasteiger partial charge in [0, 0.05) is 37.4 Å². The Bertz CT molecular complexity index is 1320. The number of nitrogens with one attached hydrogen (secondary N) is 2. The summed E-state index contributed by atoms with van der Waals surface area (Å²) in [6, 6.07) is 7.59. The molecule has 0 aliphatic heterocycles. The van der Waals surface area contributed by atoms with Crippen molar-refractivity contribution in [2.24, 2.45) is 0 Å². The Labute approximate surface area is 212 Å². The molecule has 7 nitrogen and oxygen atoms in total. The summed E-state index contributed by atoms with van der Waals surface area (Å²) in [7, 11) is 1.73. The molecule has 1 amide bonds. The summed E-state index contributed by atoms with van der Waals surface area (Å²) >= 11 is 13.7. The van der Waals surface area contributed by atoms with Crippen LogP contribution >= 0.6 is 35.0 Å². The summed E-state index contributed by atoms with van der Waals surface area (Å²) in [5.41, 5.74) is -0.967. The van der Waals surface area contributed by atoms with Crippen LogP contribution < -0.4 is 5.32 Å². The number of carbonyl (C=O) groups is 1. The zero-order valence-corrected chi connectivity index (χ0v) is 20.6. The highest BCUT2D eigenvalue weighted by Gasteiger charge is 2.38. The Hall–Kier alpha value is -2.73. The van der Waals surface area contributed by atoms with E-state index in [2.05, 4.69) is 20.3 Å². The van der Waals surface area contributed by atoms with E-state index in [0.717, 1.165) is 5.16 Å². The van der Waals surface area contributed by atoms with Crippen molar-refractivity contribution in [1.29, 1.82) is 0 Å². The minimum Gasteiger partial charge on any atom is -0.340 e. The van der Waals surface area contributed by atoms with Gasteiger partial charge in [-0.1, -0.05) is 41.0 Å². The number of rotatable bonds is 8. The molecule has 4 rings (SSSR count). The molecule has 0 spiro atoms. The second-order valence-corrected chi connectivity index (χ2v) is 9.45. The van der Waals surface area contributed by atoms with Crippen molar-refractivity contribution in [2.75, 3.05) is 24.7 Å². The van der Waals surface area contributed by atoms with Gasteiger partial charge < -0.3 is 14.7 Å². The molecule has 0 saturated heterocycles. The number of halogens is 5. The zero-order valence-electron chi connectivity index (χ0n) is 18.2. The minimum atomic E-state index is -4.68. The van der Waals surface area contributed by atoms with Crippen LogP contribution in [0, 0.1) is 0 Å². The van der Waals surface area contributed by atoms with E-state index in [1.54, 1.807) is 30.4 Å². The molecule has 2 N–H and O–H groups in total. The molecule has 35 heavy (non-hydrogen) atoms. The summed E-state index contributed by atoms with van der Waals surface area (Å²) in [6.07, 6.45) is 0.140. The summed E-state index contributed by atoms with van der Waals surface area (Å²) in [6.45, 7) is 0.500. The van der Waals surface area contributed by atoms with Gasteiger partial charge >= 0.3 is 6.18 Å². The van der Waals surface area contributed by atoms with Crippen LogP contribution in [0.1, 0.15) is 21.7 Å². The van der Waals surface area contributed by atoms with Crippen LogP contribution in [0.5, 0.6) is 0 Å². The van der Waals surface area contributed by atoms with Gasteiger partial charge in [-0.25, -0.2) is 9.97 Å². The summed E-state index contributed by atoms with van der Waals surface area (Å²) < 4.78 is 43.1. The van der Waals surface area contributed by atoms with E-state index >= 15 is 0 Å². The molecule has 0 atom stereocenters. The van der Waals surface area contributed by atoms with Crippen molar-refractivity contribution in [3.05, 3.63) is 75.9 Å². The zero-order chi connectivity index (χ0) is 25.2. The third-order valence-corrected chi connectivity index (χ3v) is 6.57. The molecule has 0 aliphatic rings. The molecule has 13 heteroatoms. The lowest BCUT2D eigenvalue weighted by Crippen LogP contribution is -2.23. The predicted molar refractivity (Wildman–Crippen MR) is 130 cm³/mol. The molecule has 1 aromatic carbocycles. The van der Waals surface area contributed by atoms with Gasteiger partial charge in [-0.15, -0.1) is 0 Å². The van der Waals surface area contributed by atoms with Crippen molar-refractivity contribution in [3.63, 3.8) is 0 Å². The van der Waals surface area contributed by atoms with E-state index in [1.165, 1.54) is 46.6 Å². The Morgan fingerprint density at radius 3 is 2.63 bits per heavy atom. The normalized spacial score (nSPS) is 12.0. The molecule has 3 aromatic heterocycles. The Morgan fingerprint density at radius 1 is 1.23 bits per heavy atom. The number of aromatic nitrogens is 4. The molecule has 184 valence electrons. The van der Waals surface area contributed by atoms with Crippen LogP contribution in [0.25, 0.3) is 5.65 Å². The molecule has 4 aromatic rings. The van der Waals surface area contributed by atoms with Crippen molar-refractivity contribution < 1.29 is 18.0 Å². The first-order valence-corrected chi connectivity index (χ1v) is 12.0. The van der Waals surface area contributed by atoms with Gasteiger partial charge in [-0.3, -0.25) is 9.69 Å². The van der Waals surface area contributed by atoms with Gasteiger partial charge in [0.05, 0.1) is 27.0 Å². The maximum absolute atomic E-state index is 13.9. The van der Waals surface area contributed by atoms with Gasteiger partial charge in [0.1, 0.15) is 0 Å². The lowest BCUT2D eigenvalue weighted by atomic mass is 10.2. The lowest BCUT2D eigenvalue weighted by molar-refractivity contribution is -0.141. The van der Waals surface area contributed by atoms with E-state index in [0.29, 0.717) is 12.3 Å². The average Bonchev–Trinajstić information content (AvgIpc) is 3.42. The molecule has 3 heterocycles. The van der Waals surface area contributed by atoms with Crippen LogP contribution in [-0.4, -0.2) is 49.5 Å². The smallest absolute Gasteiger partial charge is 0.340 e. The number of thioether (sulfide) groups is 1. The van der Waals surface area contributed by atoms with Crippen LogP contribution in [0.4, 0.5) is 18.9 Å². The number of anilines is 1. The monoisotopic (exact) mass is 542 g/mol. The predicted octanol–water partition coefficient (Wildman–Crippen LogP) is 5.86. The van der Waals surface area contributed by atoms with Crippen molar-refractivity contribution in [3.8, 4) is 0 Å². The Kier molecular flexibility index (Phi) is 7.60. The SMILES string of the molecule is CN(CCSc1ncc[nH]1)Cc1c(C(F)(F)F)nc2c(NC(=O)c3c(Cl)cccc3Cl)cccn12. The van der Waals surface area contributed by atoms with Crippen molar-refractivity contribution >= 4 is 52.2 Å². The number of alkyl halides is 3. The fraction of sp³-hybridized carbons (Fsp3) is 0.227. The van der Waals surface area contributed by atoms with E-state index in [1.807, 2.05) is 0 Å². The minimum absolute atomic E-state index is 0.0114. The summed E-state index contributed by atoms with van der Waals surface area (Å²) in [5, 5.41) is 3.57. The second kappa shape index (κ2) is 10.5. The van der Waals surface area contributed by atoms with Gasteiger partial charge in [-0.05, 0) is 31.3 Å². The number of carbonyl (C=O) groups excluding carboxylic acids is 1. The quantitative estimate of drug-likeness (QED) is 0.273. The molecule has 0 radical (unpaired) electrons. The van der Waals surface area contributed by atoms with E-state index < -0.39 is 17.8 Å². The van der Waals surface area contributed by atoms with Gasteiger partial charge in [0.2, 0.25) is 0 Å².